The smallest absolute Gasteiger partial charge is 0.355 e. The summed E-state index contributed by atoms with van der Waals surface area (Å²) in [5, 5.41) is 16.4. The Balaban J connectivity index is 1.33. The topological polar surface area (TPSA) is 134 Å². The van der Waals surface area contributed by atoms with Crippen molar-refractivity contribution in [1.29, 1.82) is 0 Å². The summed E-state index contributed by atoms with van der Waals surface area (Å²) in [5.41, 5.74) is 2.94. The summed E-state index contributed by atoms with van der Waals surface area (Å²) in [5.74, 6) is -1.13. The maximum Gasteiger partial charge on any atom is 0.355 e. The molecule has 0 aliphatic carbocycles. The van der Waals surface area contributed by atoms with Crippen LogP contribution in [0.2, 0.25) is 0 Å². The molecule has 11 nitrogen and oxygen atoms in total. The van der Waals surface area contributed by atoms with E-state index in [1.165, 1.54) is 52.8 Å². The van der Waals surface area contributed by atoms with Crippen LogP contribution in [0.4, 0.5) is 5.69 Å². The summed E-state index contributed by atoms with van der Waals surface area (Å²) < 4.78 is 11.5. The first kappa shape index (κ1) is 26.5. The number of benzene rings is 1. The summed E-state index contributed by atoms with van der Waals surface area (Å²) in [6, 6.07) is 7.46. The highest BCUT2D eigenvalue weighted by atomic mass is 79.9. The molecule has 14 heteroatoms. The predicted octanol–water partition coefficient (Wildman–Crippen LogP) is 4.48. The summed E-state index contributed by atoms with van der Waals surface area (Å²) in [7, 11) is 0. The van der Waals surface area contributed by atoms with E-state index in [1.807, 2.05) is 24.6 Å². The van der Waals surface area contributed by atoms with Crippen LogP contribution in [0.25, 0.3) is 5.57 Å². The zero-order chi connectivity index (χ0) is 27.4. The van der Waals surface area contributed by atoms with Gasteiger partial charge in [0.05, 0.1) is 16.5 Å². The molecule has 1 fully saturated rings. The molecule has 1 amide bonds. The first-order valence-corrected chi connectivity index (χ1v) is 14.1. The number of alkyl halides is 1. The number of fused-ring (bicyclic) bond motifs is 2. The lowest BCUT2D eigenvalue weighted by atomic mass is 9.88. The minimum Gasteiger partial charge on any atom is -0.456 e. The number of ether oxygens (including phenoxy) is 2. The second-order valence-corrected chi connectivity index (χ2v) is 12.3. The van der Waals surface area contributed by atoms with E-state index in [4.69, 9.17) is 9.47 Å². The van der Waals surface area contributed by atoms with Gasteiger partial charge < -0.3 is 9.47 Å². The second-order valence-electron chi connectivity index (χ2n) is 8.83. The number of β-lactam (4-membered cyclic amide) rings is 1. The summed E-state index contributed by atoms with van der Waals surface area (Å²) >= 11 is 6.45. The lowest BCUT2D eigenvalue weighted by Gasteiger charge is -2.51. The summed E-state index contributed by atoms with van der Waals surface area (Å²) in [6.45, 7) is 5.17. The number of carbonyl (C=O) groups excluding carboxylic acids is 3. The third kappa shape index (κ3) is 4.33. The first-order valence-electron chi connectivity index (χ1n) is 11.4. The Morgan fingerprint density at radius 1 is 1.32 bits per heavy atom. The number of thioether (sulfide) groups is 2. The van der Waals surface area contributed by atoms with Gasteiger partial charge in [0.25, 0.3) is 11.6 Å². The Hall–Kier alpha value is -3.10. The average Bonchev–Trinajstić information content (AvgIpc) is 3.51. The number of allylic oxidation sites excluding steroid dienone is 2. The highest BCUT2D eigenvalue weighted by molar-refractivity contribution is 9.10. The van der Waals surface area contributed by atoms with Crippen molar-refractivity contribution in [3.8, 4) is 0 Å². The molecule has 3 aliphatic rings. The fourth-order valence-electron chi connectivity index (χ4n) is 4.36. The molecule has 0 saturated carbocycles. The van der Waals surface area contributed by atoms with Gasteiger partial charge in [0.2, 0.25) is 0 Å². The van der Waals surface area contributed by atoms with Crippen molar-refractivity contribution >= 4 is 68.6 Å². The Labute approximate surface area is 233 Å². The molecule has 0 spiro atoms. The van der Waals surface area contributed by atoms with Crippen molar-refractivity contribution in [1.82, 2.24) is 14.7 Å². The maximum atomic E-state index is 13.5. The van der Waals surface area contributed by atoms with Crippen molar-refractivity contribution < 1.29 is 28.8 Å². The molecule has 198 valence electrons. The lowest BCUT2D eigenvalue weighted by molar-refractivity contribution is -0.384. The largest absolute Gasteiger partial charge is 0.456 e. The van der Waals surface area contributed by atoms with Gasteiger partial charge in [-0.25, -0.2) is 4.79 Å². The molecule has 4 heterocycles. The number of nitro benzene ring substituents is 1. The quantitative estimate of drug-likeness (QED) is 0.143. The Bertz CT molecular complexity index is 1440. The molecule has 0 radical (unpaired) electrons. The predicted molar refractivity (Wildman–Crippen MR) is 143 cm³/mol. The van der Waals surface area contributed by atoms with Crippen LogP contribution >= 0.6 is 39.5 Å². The molecule has 1 aromatic heterocycles. The van der Waals surface area contributed by atoms with Gasteiger partial charge in [0.15, 0.2) is 10.4 Å². The van der Waals surface area contributed by atoms with Crippen molar-refractivity contribution in [2.75, 3.05) is 0 Å². The van der Waals surface area contributed by atoms with Gasteiger partial charge in [-0.05, 0) is 48.1 Å². The normalized spacial score (nSPS) is 22.7. The number of esters is 2. The van der Waals surface area contributed by atoms with E-state index in [0.717, 1.165) is 11.3 Å². The van der Waals surface area contributed by atoms with Gasteiger partial charge in [-0.2, -0.15) is 5.10 Å². The average molecular weight is 621 g/mol. The van der Waals surface area contributed by atoms with E-state index < -0.39 is 38.6 Å². The van der Waals surface area contributed by atoms with Crippen LogP contribution in [0.3, 0.4) is 0 Å². The fraction of sp³-hybridized carbons (Fsp3) is 0.333. The first-order chi connectivity index (χ1) is 18.0. The Kier molecular flexibility index (Phi) is 6.90. The number of rotatable bonds is 7. The van der Waals surface area contributed by atoms with Crippen LogP contribution < -0.4 is 0 Å². The number of hydrogen-bond acceptors (Lipinski definition) is 10. The number of hydrogen-bond donors (Lipinski definition) is 0. The SMILES string of the molecule is CC(=O)OC(c1cc2n(n1)CSC(C)=C2C)C1(Br)C(=O)N2C(C(=O)OCc3ccc([N+](=O)[O-])cc3)=CS[C@@H]21. The van der Waals surface area contributed by atoms with Gasteiger partial charge >= 0.3 is 11.9 Å². The van der Waals surface area contributed by atoms with E-state index in [0.29, 0.717) is 17.1 Å². The highest BCUT2D eigenvalue weighted by Crippen LogP contribution is 2.58. The van der Waals surface area contributed by atoms with Crippen LogP contribution in [0, 0.1) is 10.1 Å². The van der Waals surface area contributed by atoms with E-state index in [9.17, 15) is 24.5 Å². The van der Waals surface area contributed by atoms with E-state index >= 15 is 0 Å². The van der Waals surface area contributed by atoms with Crippen LogP contribution in [0.15, 0.2) is 46.3 Å². The van der Waals surface area contributed by atoms with Crippen LogP contribution in [0.5, 0.6) is 0 Å². The number of nitro groups is 1. The molecule has 3 aliphatic heterocycles. The highest BCUT2D eigenvalue weighted by Gasteiger charge is 2.69. The van der Waals surface area contributed by atoms with Gasteiger partial charge in [0.1, 0.15) is 23.4 Å². The molecular formula is C24H21BrN4O7S2. The summed E-state index contributed by atoms with van der Waals surface area (Å²) in [4.78, 5) is 51.2. The number of amides is 1. The zero-order valence-electron chi connectivity index (χ0n) is 20.4. The number of halogens is 1. The van der Waals surface area contributed by atoms with Gasteiger partial charge in [-0.3, -0.25) is 29.3 Å². The molecule has 1 aromatic carbocycles. The summed E-state index contributed by atoms with van der Waals surface area (Å²) in [6.07, 6.45) is -1.03. The molecule has 1 saturated heterocycles. The molecule has 0 bridgehead atoms. The second kappa shape index (κ2) is 9.89. The lowest BCUT2D eigenvalue weighted by Crippen LogP contribution is -2.70. The minimum absolute atomic E-state index is 0.0681. The third-order valence-electron chi connectivity index (χ3n) is 6.48. The Morgan fingerprint density at radius 3 is 2.68 bits per heavy atom. The zero-order valence-corrected chi connectivity index (χ0v) is 23.6. The van der Waals surface area contributed by atoms with Crippen molar-refractivity contribution in [2.24, 2.45) is 0 Å². The molecule has 0 N–H and O–H groups in total. The number of carbonyl (C=O) groups is 3. The molecule has 3 atom stereocenters. The number of non-ortho nitro benzene ring substituents is 1. The van der Waals surface area contributed by atoms with E-state index in [2.05, 4.69) is 21.0 Å². The molecule has 38 heavy (non-hydrogen) atoms. The fourth-order valence-corrected chi connectivity index (χ4v) is 7.47. The van der Waals surface area contributed by atoms with Crippen molar-refractivity contribution in [3.05, 3.63) is 73.4 Å². The molecule has 2 unspecified atom stereocenters. The van der Waals surface area contributed by atoms with Crippen molar-refractivity contribution in [2.45, 2.75) is 49.1 Å². The van der Waals surface area contributed by atoms with Gasteiger partial charge in [-0.1, -0.05) is 15.9 Å². The maximum absolute atomic E-state index is 13.5. The standard InChI is InChI=1S/C24H21BrN4O7S2/c1-12-13(2)38-11-27-18(12)8-17(26-27)20(36-14(3)30)24(25)22(32)28-19(10-37-23(24)28)21(31)35-9-15-4-6-16(7-5-15)29(33)34/h4-8,10,20,23H,9,11H2,1-3H3/t20?,23-,24?/m1/s1. The van der Waals surface area contributed by atoms with Crippen LogP contribution in [-0.2, 0) is 36.3 Å². The minimum atomic E-state index is -1.34. The van der Waals surface area contributed by atoms with Crippen molar-refractivity contribution in [3.63, 3.8) is 0 Å². The van der Waals surface area contributed by atoms with Gasteiger partial charge in [0, 0.05) is 24.5 Å². The molecular weight excluding hydrogens is 600 g/mol. The van der Waals surface area contributed by atoms with Crippen LogP contribution in [-0.4, -0.2) is 47.1 Å². The monoisotopic (exact) mass is 620 g/mol. The Morgan fingerprint density at radius 2 is 2.03 bits per heavy atom. The van der Waals surface area contributed by atoms with Gasteiger partial charge in [-0.15, -0.1) is 23.5 Å². The van der Waals surface area contributed by atoms with E-state index in [1.54, 1.807) is 17.2 Å². The number of nitrogens with zero attached hydrogens (tertiary/aromatic N) is 4. The number of aromatic nitrogens is 2. The molecule has 5 rings (SSSR count). The van der Waals surface area contributed by atoms with E-state index in [-0.39, 0.29) is 18.0 Å². The van der Waals surface area contributed by atoms with Crippen LogP contribution in [0.1, 0.15) is 43.8 Å². The third-order valence-corrected chi connectivity index (χ3v) is 10.3. The molecule has 2 aromatic rings.